The van der Waals surface area contributed by atoms with E-state index in [0.29, 0.717) is 5.02 Å². The van der Waals surface area contributed by atoms with Crippen LogP contribution in [0.1, 0.15) is 24.1 Å². The second-order valence-corrected chi connectivity index (χ2v) is 4.88. The van der Waals surface area contributed by atoms with Crippen molar-refractivity contribution >= 4 is 17.3 Å². The lowest BCUT2D eigenvalue weighted by atomic mass is 10.1. The van der Waals surface area contributed by atoms with Crippen molar-refractivity contribution < 1.29 is 5.11 Å². The summed E-state index contributed by atoms with van der Waals surface area (Å²) in [5, 5.41) is 13.8. The van der Waals surface area contributed by atoms with Gasteiger partial charge in [0, 0.05) is 16.3 Å². The van der Waals surface area contributed by atoms with Gasteiger partial charge in [-0.2, -0.15) is 0 Å². The van der Waals surface area contributed by atoms with E-state index in [4.69, 9.17) is 11.6 Å². The van der Waals surface area contributed by atoms with Gasteiger partial charge in [0.15, 0.2) is 0 Å². The number of rotatable bonds is 3. The summed E-state index contributed by atoms with van der Waals surface area (Å²) in [6, 6.07) is 13.2. The molecule has 2 N–H and O–H groups in total. The van der Waals surface area contributed by atoms with Gasteiger partial charge in [0.2, 0.25) is 0 Å². The van der Waals surface area contributed by atoms with Crippen LogP contribution in [-0.4, -0.2) is 5.11 Å². The van der Waals surface area contributed by atoms with E-state index >= 15 is 0 Å². The fourth-order valence-corrected chi connectivity index (χ4v) is 2.12. The first-order valence-electron chi connectivity index (χ1n) is 5.88. The van der Waals surface area contributed by atoms with Crippen LogP contribution >= 0.6 is 11.6 Å². The lowest BCUT2D eigenvalue weighted by Crippen LogP contribution is -2.06. The predicted molar refractivity (Wildman–Crippen MR) is 76.3 cm³/mol. The Labute approximate surface area is 112 Å². The zero-order valence-electron chi connectivity index (χ0n) is 10.4. The molecule has 0 unspecified atom stereocenters. The molecule has 0 aromatic heterocycles. The summed E-state index contributed by atoms with van der Waals surface area (Å²) in [4.78, 5) is 0. The summed E-state index contributed by atoms with van der Waals surface area (Å²) in [6.07, 6.45) is 0. The summed E-state index contributed by atoms with van der Waals surface area (Å²) in [6.45, 7) is 4.04. The third-order valence-electron chi connectivity index (χ3n) is 2.86. The average Bonchev–Trinajstić information content (AvgIpc) is 2.32. The fourth-order valence-electron chi connectivity index (χ4n) is 1.93. The van der Waals surface area contributed by atoms with Crippen LogP contribution in [0.4, 0.5) is 5.69 Å². The molecule has 0 heterocycles. The first kappa shape index (κ1) is 12.8. The molecular weight excluding hydrogens is 246 g/mol. The number of phenolic OH excluding ortho intramolecular Hbond substituents is 1. The molecule has 1 atom stereocenters. The minimum Gasteiger partial charge on any atom is -0.508 e. The highest BCUT2D eigenvalue weighted by Gasteiger charge is 2.10. The minimum atomic E-state index is -0.00880. The smallest absolute Gasteiger partial charge is 0.120 e. The number of phenols is 1. The third kappa shape index (κ3) is 2.96. The molecule has 0 aliphatic heterocycles. The number of nitrogens with one attached hydrogen (secondary N) is 1. The molecule has 0 bridgehead atoms. The third-order valence-corrected chi connectivity index (χ3v) is 3.09. The molecule has 2 aromatic rings. The van der Waals surface area contributed by atoms with E-state index < -0.39 is 0 Å². The molecule has 0 amide bonds. The number of aryl methyl sites for hydroxylation is 1. The fraction of sp³-hybridized carbons (Fsp3) is 0.200. The molecule has 0 fully saturated rings. The molecule has 94 valence electrons. The molecule has 0 spiro atoms. The highest BCUT2D eigenvalue weighted by atomic mass is 35.5. The average molecular weight is 262 g/mol. The maximum atomic E-state index is 9.84. The van der Waals surface area contributed by atoms with Gasteiger partial charge in [-0.3, -0.25) is 0 Å². The molecule has 18 heavy (non-hydrogen) atoms. The first-order valence-corrected chi connectivity index (χ1v) is 6.25. The molecule has 0 saturated carbocycles. The van der Waals surface area contributed by atoms with Crippen molar-refractivity contribution in [2.24, 2.45) is 0 Å². The van der Waals surface area contributed by atoms with E-state index in [1.165, 1.54) is 5.56 Å². The number of halogens is 1. The quantitative estimate of drug-likeness (QED) is 0.851. The van der Waals surface area contributed by atoms with E-state index in [0.717, 1.165) is 11.3 Å². The largest absolute Gasteiger partial charge is 0.508 e. The summed E-state index contributed by atoms with van der Waals surface area (Å²) in [7, 11) is 0. The first-order chi connectivity index (χ1) is 8.56. The zero-order chi connectivity index (χ0) is 13.1. The van der Waals surface area contributed by atoms with Crippen LogP contribution in [0, 0.1) is 6.92 Å². The summed E-state index contributed by atoms with van der Waals surface area (Å²) in [5.41, 5.74) is 3.02. The molecule has 0 aliphatic carbocycles. The van der Waals surface area contributed by atoms with E-state index in [9.17, 15) is 5.11 Å². The Bertz CT molecular complexity index is 554. The van der Waals surface area contributed by atoms with Gasteiger partial charge in [-0.25, -0.2) is 0 Å². The van der Waals surface area contributed by atoms with E-state index in [1.807, 2.05) is 32.0 Å². The Kier molecular flexibility index (Phi) is 3.78. The van der Waals surface area contributed by atoms with Crippen LogP contribution in [0.3, 0.4) is 0 Å². The normalized spacial score (nSPS) is 12.2. The van der Waals surface area contributed by atoms with E-state index in [1.54, 1.807) is 18.2 Å². The van der Waals surface area contributed by atoms with Crippen LogP contribution in [0.25, 0.3) is 0 Å². The zero-order valence-corrected chi connectivity index (χ0v) is 11.2. The molecular formula is C15H16ClNO. The van der Waals surface area contributed by atoms with Gasteiger partial charge in [0.05, 0.1) is 6.04 Å². The second kappa shape index (κ2) is 5.32. The van der Waals surface area contributed by atoms with Crippen LogP contribution < -0.4 is 5.32 Å². The molecule has 3 heteroatoms. The highest BCUT2D eigenvalue weighted by Crippen LogP contribution is 2.29. The molecule has 0 radical (unpaired) electrons. The Morgan fingerprint density at radius 2 is 1.94 bits per heavy atom. The summed E-state index contributed by atoms with van der Waals surface area (Å²) >= 11 is 5.95. The monoisotopic (exact) mass is 261 g/mol. The van der Waals surface area contributed by atoms with Gasteiger partial charge >= 0.3 is 0 Å². The van der Waals surface area contributed by atoms with Crippen LogP contribution in [0.15, 0.2) is 42.5 Å². The van der Waals surface area contributed by atoms with Crippen molar-refractivity contribution in [3.05, 3.63) is 58.6 Å². The maximum Gasteiger partial charge on any atom is 0.120 e. The predicted octanol–water partition coefficient (Wildman–Crippen LogP) is 4.53. The number of hydrogen-bond acceptors (Lipinski definition) is 2. The van der Waals surface area contributed by atoms with E-state index in [-0.39, 0.29) is 11.8 Å². The molecule has 2 nitrogen and oxygen atoms in total. The molecule has 0 saturated heterocycles. The van der Waals surface area contributed by atoms with Crippen molar-refractivity contribution in [1.29, 1.82) is 0 Å². The molecule has 0 aliphatic rings. The van der Waals surface area contributed by atoms with E-state index in [2.05, 4.69) is 11.4 Å². The Balaban J connectivity index is 2.21. The number of aromatic hydroxyl groups is 1. The summed E-state index contributed by atoms with van der Waals surface area (Å²) in [5.74, 6) is 0.257. The standard InChI is InChI=1S/C15H16ClNO/c1-10-4-3-5-13(8-10)17-11(2)14-9-12(16)6-7-15(14)18/h3-9,11,17-18H,1-2H3/t11-/m1/s1. The topological polar surface area (TPSA) is 32.3 Å². The van der Waals surface area contributed by atoms with Gasteiger partial charge in [0.25, 0.3) is 0 Å². The van der Waals surface area contributed by atoms with Crippen molar-refractivity contribution in [1.82, 2.24) is 0 Å². The number of benzene rings is 2. The highest BCUT2D eigenvalue weighted by molar-refractivity contribution is 6.30. The van der Waals surface area contributed by atoms with Gasteiger partial charge in [-0.15, -0.1) is 0 Å². The van der Waals surface area contributed by atoms with Gasteiger partial charge in [-0.1, -0.05) is 23.7 Å². The SMILES string of the molecule is Cc1cccc(N[C@H](C)c2cc(Cl)ccc2O)c1. The van der Waals surface area contributed by atoms with Gasteiger partial charge in [0.1, 0.15) is 5.75 Å². The maximum absolute atomic E-state index is 9.84. The molecule has 2 rings (SSSR count). The van der Waals surface area contributed by atoms with Crippen LogP contribution in [-0.2, 0) is 0 Å². The summed E-state index contributed by atoms with van der Waals surface area (Å²) < 4.78 is 0. The Hall–Kier alpha value is -1.67. The van der Waals surface area contributed by atoms with Crippen molar-refractivity contribution in [3.63, 3.8) is 0 Å². The van der Waals surface area contributed by atoms with Crippen molar-refractivity contribution in [2.75, 3.05) is 5.32 Å². The Morgan fingerprint density at radius 3 is 2.67 bits per heavy atom. The van der Waals surface area contributed by atoms with Gasteiger partial charge < -0.3 is 10.4 Å². The number of anilines is 1. The number of hydrogen-bond donors (Lipinski definition) is 2. The van der Waals surface area contributed by atoms with Crippen LogP contribution in [0.5, 0.6) is 5.75 Å². The molecule has 2 aromatic carbocycles. The Morgan fingerprint density at radius 1 is 1.17 bits per heavy atom. The van der Waals surface area contributed by atoms with Crippen molar-refractivity contribution in [2.45, 2.75) is 19.9 Å². The second-order valence-electron chi connectivity index (χ2n) is 4.44. The van der Waals surface area contributed by atoms with Gasteiger partial charge in [-0.05, 0) is 49.7 Å². The lowest BCUT2D eigenvalue weighted by Gasteiger charge is -2.17. The van der Waals surface area contributed by atoms with Crippen LogP contribution in [0.2, 0.25) is 5.02 Å². The van der Waals surface area contributed by atoms with Crippen molar-refractivity contribution in [3.8, 4) is 5.75 Å². The lowest BCUT2D eigenvalue weighted by molar-refractivity contribution is 0.465. The minimum absolute atomic E-state index is 0.00880.